The Hall–Kier alpha value is -1.89. The summed E-state index contributed by atoms with van der Waals surface area (Å²) in [5, 5.41) is 28.0. The largest absolute Gasteiger partial charge is 0.481 e. The normalized spacial score (nSPS) is 11.2. The van der Waals surface area contributed by atoms with E-state index < -0.39 is 28.7 Å². The molecule has 0 aromatic carbocycles. The summed E-state index contributed by atoms with van der Waals surface area (Å²) in [6.07, 6.45) is 6.07. The van der Waals surface area contributed by atoms with Crippen LogP contribution >= 0.6 is 0 Å². The van der Waals surface area contributed by atoms with E-state index in [1.807, 2.05) is 27.7 Å². The fourth-order valence-corrected chi connectivity index (χ4v) is 4.05. The number of aliphatic carboxylic acids is 2. The molecule has 0 aliphatic rings. The van der Waals surface area contributed by atoms with Gasteiger partial charge in [-0.25, -0.2) is 4.79 Å². The molecule has 7 heteroatoms. The first-order valence-electron chi connectivity index (χ1n) is 10.6. The van der Waals surface area contributed by atoms with Crippen LogP contribution in [0.4, 0.5) is 0 Å². The molecule has 3 N–H and O–H groups in total. The van der Waals surface area contributed by atoms with Gasteiger partial charge in [0.25, 0.3) is 0 Å². The summed E-state index contributed by atoms with van der Waals surface area (Å²) in [6.45, 7) is 11.2. The van der Waals surface area contributed by atoms with Gasteiger partial charge in [-0.1, -0.05) is 60.0 Å². The Morgan fingerprint density at radius 1 is 0.828 bits per heavy atom. The quantitative estimate of drug-likeness (QED) is 0.205. The zero-order chi connectivity index (χ0) is 22.9. The van der Waals surface area contributed by atoms with Crippen LogP contribution in [0.25, 0.3) is 0 Å². The van der Waals surface area contributed by atoms with E-state index in [9.17, 15) is 24.6 Å². The molecule has 0 saturated carbocycles. The summed E-state index contributed by atoms with van der Waals surface area (Å²) in [6, 6.07) is 0. The summed E-state index contributed by atoms with van der Waals surface area (Å²) in [7, 11) is 0. The molecule has 0 radical (unpaired) electrons. The maximum absolute atomic E-state index is 12.0. The number of carboxylic acids is 2. The molecule has 0 aromatic heterocycles. The highest BCUT2D eigenvalue weighted by Gasteiger charge is 2.58. The molecule has 0 bridgehead atoms. The summed E-state index contributed by atoms with van der Waals surface area (Å²) in [5.74, 6) is -2.32. The average molecular weight is 417 g/mol. The number of carbonyl (C=O) groups is 3. The zero-order valence-corrected chi connectivity index (χ0v) is 18.5. The van der Waals surface area contributed by atoms with Gasteiger partial charge in [0, 0.05) is 19.1 Å². The predicted molar refractivity (Wildman–Crippen MR) is 113 cm³/mol. The van der Waals surface area contributed by atoms with E-state index >= 15 is 0 Å². The minimum absolute atomic E-state index is 0.0461. The Morgan fingerprint density at radius 3 is 1.38 bits per heavy atom. The lowest BCUT2D eigenvalue weighted by Crippen LogP contribution is -2.52. The van der Waals surface area contributed by atoms with Crippen LogP contribution in [-0.2, 0) is 19.1 Å². The van der Waals surface area contributed by atoms with E-state index in [4.69, 9.17) is 5.11 Å². The van der Waals surface area contributed by atoms with Gasteiger partial charge in [-0.15, -0.1) is 0 Å². The van der Waals surface area contributed by atoms with Crippen LogP contribution in [0.15, 0.2) is 12.7 Å². The number of aliphatic hydroxyl groups is 1. The lowest BCUT2D eigenvalue weighted by atomic mass is 9.55. The molecule has 0 unspecified atom stereocenters. The molecule has 0 heterocycles. The second kappa shape index (κ2) is 16.0. The van der Waals surface area contributed by atoms with Gasteiger partial charge in [0.15, 0.2) is 0 Å². The van der Waals surface area contributed by atoms with E-state index in [1.165, 1.54) is 0 Å². The SMILES string of the molecule is C=CC(=O)OCCCO.CCCC(CCC)(C(=O)O)C(CCC)(CCC)C(=O)O. The first-order chi connectivity index (χ1) is 13.7. The monoisotopic (exact) mass is 416 g/mol. The van der Waals surface area contributed by atoms with Gasteiger partial charge in [0.2, 0.25) is 0 Å². The third kappa shape index (κ3) is 8.56. The van der Waals surface area contributed by atoms with Crippen molar-refractivity contribution in [3.8, 4) is 0 Å². The fraction of sp³-hybridized carbons (Fsp3) is 0.773. The summed E-state index contributed by atoms with van der Waals surface area (Å²) >= 11 is 0. The summed E-state index contributed by atoms with van der Waals surface area (Å²) < 4.78 is 4.51. The van der Waals surface area contributed by atoms with E-state index in [0.29, 0.717) is 57.8 Å². The first-order valence-corrected chi connectivity index (χ1v) is 10.6. The number of hydrogen-bond acceptors (Lipinski definition) is 5. The van der Waals surface area contributed by atoms with E-state index in [0.717, 1.165) is 6.08 Å². The standard InChI is InChI=1S/C16H30O4.C6H10O3/c1-5-9-15(10-6-2,13(17)18)16(11-7-3,12-8-4)14(19)20;1-2-6(8)9-5-3-4-7/h5-12H2,1-4H3,(H,17,18)(H,19,20);2,7H,1,3-5H2. The minimum Gasteiger partial charge on any atom is -0.481 e. The topological polar surface area (TPSA) is 121 Å². The number of hydrogen-bond donors (Lipinski definition) is 3. The summed E-state index contributed by atoms with van der Waals surface area (Å²) in [5.41, 5.74) is -2.29. The van der Waals surface area contributed by atoms with Gasteiger partial charge in [0.1, 0.15) is 0 Å². The molecular weight excluding hydrogens is 376 g/mol. The summed E-state index contributed by atoms with van der Waals surface area (Å²) in [4.78, 5) is 34.3. The fourth-order valence-electron chi connectivity index (χ4n) is 4.05. The zero-order valence-electron chi connectivity index (χ0n) is 18.5. The Morgan fingerprint density at radius 2 is 1.17 bits per heavy atom. The molecule has 0 spiro atoms. The van der Waals surface area contributed by atoms with E-state index in [2.05, 4.69) is 11.3 Å². The Kier molecular flexibility index (Phi) is 16.1. The molecule has 0 aromatic rings. The highest BCUT2D eigenvalue weighted by molar-refractivity contribution is 5.86. The van der Waals surface area contributed by atoms with Crippen LogP contribution in [0.3, 0.4) is 0 Å². The molecule has 0 fully saturated rings. The molecule has 29 heavy (non-hydrogen) atoms. The predicted octanol–water partition coefficient (Wildman–Crippen LogP) is 4.43. The van der Waals surface area contributed by atoms with Gasteiger partial charge in [-0.3, -0.25) is 9.59 Å². The Balaban J connectivity index is 0. The molecule has 0 rings (SSSR count). The van der Waals surface area contributed by atoms with Crippen molar-refractivity contribution in [3.05, 3.63) is 12.7 Å². The molecule has 7 nitrogen and oxygen atoms in total. The molecule has 0 aliphatic heterocycles. The van der Waals surface area contributed by atoms with Crippen LogP contribution in [0.1, 0.15) is 85.5 Å². The number of aliphatic hydroxyl groups excluding tert-OH is 1. The van der Waals surface area contributed by atoms with Crippen LogP contribution < -0.4 is 0 Å². The van der Waals surface area contributed by atoms with Crippen LogP contribution in [0.5, 0.6) is 0 Å². The Bertz CT molecular complexity index is 455. The average Bonchev–Trinajstić information content (AvgIpc) is 2.67. The van der Waals surface area contributed by atoms with Crippen molar-refractivity contribution in [1.29, 1.82) is 0 Å². The highest BCUT2D eigenvalue weighted by Crippen LogP contribution is 2.53. The third-order valence-electron chi connectivity index (χ3n) is 5.16. The lowest BCUT2D eigenvalue weighted by Gasteiger charge is -2.45. The second-order valence-corrected chi connectivity index (χ2v) is 7.22. The molecular formula is C22H40O7. The number of carbonyl (C=O) groups excluding carboxylic acids is 1. The third-order valence-corrected chi connectivity index (χ3v) is 5.16. The van der Waals surface area contributed by atoms with E-state index in [1.54, 1.807) is 0 Å². The van der Waals surface area contributed by atoms with Crippen molar-refractivity contribution in [3.63, 3.8) is 0 Å². The number of ether oxygens (including phenoxy) is 1. The van der Waals surface area contributed by atoms with Crippen molar-refractivity contribution < 1.29 is 34.4 Å². The van der Waals surface area contributed by atoms with Crippen LogP contribution in [0.2, 0.25) is 0 Å². The molecule has 170 valence electrons. The maximum atomic E-state index is 12.0. The first kappa shape index (κ1) is 29.3. The van der Waals surface area contributed by atoms with Gasteiger partial charge >= 0.3 is 17.9 Å². The maximum Gasteiger partial charge on any atom is 0.330 e. The van der Waals surface area contributed by atoms with Gasteiger partial charge in [-0.2, -0.15) is 0 Å². The van der Waals surface area contributed by atoms with Gasteiger partial charge in [-0.05, 0) is 25.7 Å². The smallest absolute Gasteiger partial charge is 0.330 e. The van der Waals surface area contributed by atoms with Gasteiger partial charge in [0.05, 0.1) is 17.4 Å². The molecule has 0 amide bonds. The number of carboxylic acid groups (broad SMARTS) is 2. The number of rotatable bonds is 15. The van der Waals surface area contributed by atoms with Crippen molar-refractivity contribution in [2.45, 2.75) is 85.5 Å². The van der Waals surface area contributed by atoms with Crippen molar-refractivity contribution in [2.24, 2.45) is 10.8 Å². The van der Waals surface area contributed by atoms with Crippen molar-refractivity contribution in [2.75, 3.05) is 13.2 Å². The Labute approximate surface area is 175 Å². The van der Waals surface area contributed by atoms with Gasteiger partial charge < -0.3 is 20.1 Å². The second-order valence-electron chi connectivity index (χ2n) is 7.22. The molecule has 0 saturated heterocycles. The van der Waals surface area contributed by atoms with Crippen molar-refractivity contribution in [1.82, 2.24) is 0 Å². The minimum atomic E-state index is -1.14. The van der Waals surface area contributed by atoms with Crippen molar-refractivity contribution >= 4 is 17.9 Å². The van der Waals surface area contributed by atoms with Crippen LogP contribution in [0, 0.1) is 10.8 Å². The number of esters is 1. The lowest BCUT2D eigenvalue weighted by molar-refractivity contribution is -0.179. The highest BCUT2D eigenvalue weighted by atomic mass is 16.5. The molecule has 0 atom stereocenters. The van der Waals surface area contributed by atoms with E-state index in [-0.39, 0.29) is 13.2 Å². The molecule has 0 aliphatic carbocycles. The van der Waals surface area contributed by atoms with Crippen LogP contribution in [-0.4, -0.2) is 46.4 Å².